The SMILES string of the molecule is CCc1noc(-c2cccnc2N2CCCN(C(=O)c3ccc(C)cc3)CC2)n1. The summed E-state index contributed by atoms with van der Waals surface area (Å²) < 4.78 is 5.44. The first-order valence-corrected chi connectivity index (χ1v) is 10.0. The molecule has 1 aliphatic heterocycles. The molecule has 0 spiro atoms. The van der Waals surface area contributed by atoms with Gasteiger partial charge in [0.1, 0.15) is 5.82 Å². The highest BCUT2D eigenvalue weighted by atomic mass is 16.5. The summed E-state index contributed by atoms with van der Waals surface area (Å²) in [7, 11) is 0. The average Bonchev–Trinajstić information content (AvgIpc) is 3.10. The van der Waals surface area contributed by atoms with Gasteiger partial charge in [-0.25, -0.2) is 4.98 Å². The van der Waals surface area contributed by atoms with E-state index in [2.05, 4.69) is 20.0 Å². The van der Waals surface area contributed by atoms with Gasteiger partial charge in [-0.2, -0.15) is 4.98 Å². The second-order valence-electron chi connectivity index (χ2n) is 7.24. The monoisotopic (exact) mass is 391 g/mol. The number of aromatic nitrogens is 3. The van der Waals surface area contributed by atoms with Gasteiger partial charge < -0.3 is 14.3 Å². The molecule has 1 aromatic carbocycles. The Morgan fingerprint density at radius 3 is 2.69 bits per heavy atom. The summed E-state index contributed by atoms with van der Waals surface area (Å²) in [5.41, 5.74) is 2.72. The zero-order valence-corrected chi connectivity index (χ0v) is 16.8. The fourth-order valence-electron chi connectivity index (χ4n) is 3.53. The molecule has 1 saturated heterocycles. The molecule has 0 unspecified atom stereocenters. The van der Waals surface area contributed by atoms with Gasteiger partial charge in [-0.1, -0.05) is 29.8 Å². The number of rotatable bonds is 4. The van der Waals surface area contributed by atoms with Crippen LogP contribution in [-0.2, 0) is 6.42 Å². The number of benzene rings is 1. The molecule has 2 aromatic heterocycles. The third-order valence-electron chi connectivity index (χ3n) is 5.18. The van der Waals surface area contributed by atoms with Gasteiger partial charge in [0.15, 0.2) is 5.82 Å². The third-order valence-corrected chi connectivity index (χ3v) is 5.18. The molecule has 7 heteroatoms. The molecule has 0 atom stereocenters. The quantitative estimate of drug-likeness (QED) is 0.679. The molecule has 1 amide bonds. The highest BCUT2D eigenvalue weighted by molar-refractivity contribution is 5.94. The van der Waals surface area contributed by atoms with Crippen LogP contribution in [0, 0.1) is 6.92 Å². The first kappa shape index (κ1) is 19.1. The number of carbonyl (C=O) groups excluding carboxylic acids is 1. The summed E-state index contributed by atoms with van der Waals surface area (Å²) in [6.07, 6.45) is 3.37. The van der Waals surface area contributed by atoms with Gasteiger partial charge in [0, 0.05) is 44.4 Å². The first-order valence-electron chi connectivity index (χ1n) is 10.0. The lowest BCUT2D eigenvalue weighted by Crippen LogP contribution is -2.35. The summed E-state index contributed by atoms with van der Waals surface area (Å²) in [5, 5.41) is 4.01. The van der Waals surface area contributed by atoms with Crippen molar-refractivity contribution in [3.63, 3.8) is 0 Å². The Morgan fingerprint density at radius 1 is 1.10 bits per heavy atom. The number of aryl methyl sites for hydroxylation is 2. The van der Waals surface area contributed by atoms with Gasteiger partial charge in [-0.3, -0.25) is 4.79 Å². The van der Waals surface area contributed by atoms with E-state index in [0.29, 0.717) is 24.8 Å². The Morgan fingerprint density at radius 2 is 1.93 bits per heavy atom. The number of amides is 1. The first-order chi connectivity index (χ1) is 14.2. The molecule has 3 aromatic rings. The van der Waals surface area contributed by atoms with Crippen molar-refractivity contribution in [2.45, 2.75) is 26.7 Å². The lowest BCUT2D eigenvalue weighted by atomic mass is 10.1. The summed E-state index contributed by atoms with van der Waals surface area (Å²) in [4.78, 5) is 26.1. The van der Waals surface area contributed by atoms with Crippen molar-refractivity contribution in [3.8, 4) is 11.5 Å². The summed E-state index contributed by atoms with van der Waals surface area (Å²) in [6, 6.07) is 11.6. The maximum absolute atomic E-state index is 12.9. The fraction of sp³-hybridized carbons (Fsp3) is 0.364. The van der Waals surface area contributed by atoms with Gasteiger partial charge in [-0.05, 0) is 37.6 Å². The van der Waals surface area contributed by atoms with Crippen molar-refractivity contribution in [2.24, 2.45) is 0 Å². The van der Waals surface area contributed by atoms with Crippen LogP contribution in [0.3, 0.4) is 0 Å². The third kappa shape index (κ3) is 4.13. The van der Waals surface area contributed by atoms with Gasteiger partial charge in [-0.15, -0.1) is 0 Å². The number of nitrogens with zero attached hydrogens (tertiary/aromatic N) is 5. The standard InChI is InChI=1S/C22H25N5O2/c1-3-19-24-21(29-25-19)18-6-4-11-23-20(18)26-12-5-13-27(15-14-26)22(28)17-9-7-16(2)8-10-17/h4,6-11H,3,5,12-15H2,1-2H3. The normalized spacial score (nSPS) is 14.7. The zero-order valence-electron chi connectivity index (χ0n) is 16.8. The molecular formula is C22H25N5O2. The van der Waals surface area contributed by atoms with Crippen LogP contribution in [-0.4, -0.2) is 52.1 Å². The largest absolute Gasteiger partial charge is 0.354 e. The molecule has 150 valence electrons. The van der Waals surface area contributed by atoms with Gasteiger partial charge in [0.2, 0.25) is 0 Å². The minimum Gasteiger partial charge on any atom is -0.354 e. The molecule has 4 rings (SSSR count). The molecule has 1 fully saturated rings. The van der Waals surface area contributed by atoms with E-state index >= 15 is 0 Å². The topological polar surface area (TPSA) is 75.4 Å². The minimum absolute atomic E-state index is 0.0811. The molecule has 1 aliphatic rings. The molecule has 0 saturated carbocycles. The molecule has 0 aliphatic carbocycles. The van der Waals surface area contributed by atoms with Crippen molar-refractivity contribution in [2.75, 3.05) is 31.1 Å². The molecule has 0 N–H and O–H groups in total. The summed E-state index contributed by atoms with van der Waals surface area (Å²) in [5.74, 6) is 2.07. The number of pyridine rings is 1. The highest BCUT2D eigenvalue weighted by Gasteiger charge is 2.24. The average molecular weight is 391 g/mol. The van der Waals surface area contributed by atoms with Crippen molar-refractivity contribution in [3.05, 3.63) is 59.5 Å². The van der Waals surface area contributed by atoms with Gasteiger partial charge in [0.25, 0.3) is 11.8 Å². The predicted molar refractivity (Wildman–Crippen MR) is 111 cm³/mol. The number of carbonyl (C=O) groups is 1. The van der Waals surface area contributed by atoms with E-state index in [-0.39, 0.29) is 5.91 Å². The molecule has 7 nitrogen and oxygen atoms in total. The van der Waals surface area contributed by atoms with E-state index < -0.39 is 0 Å². The smallest absolute Gasteiger partial charge is 0.261 e. The van der Waals surface area contributed by atoms with Crippen molar-refractivity contribution < 1.29 is 9.32 Å². The molecule has 0 radical (unpaired) electrons. The maximum Gasteiger partial charge on any atom is 0.261 e. The Balaban J connectivity index is 1.52. The lowest BCUT2D eigenvalue weighted by Gasteiger charge is -2.24. The van der Waals surface area contributed by atoms with Gasteiger partial charge in [0.05, 0.1) is 5.56 Å². The van der Waals surface area contributed by atoms with E-state index in [4.69, 9.17) is 4.52 Å². The van der Waals surface area contributed by atoms with Gasteiger partial charge >= 0.3 is 0 Å². The molecular weight excluding hydrogens is 366 g/mol. The highest BCUT2D eigenvalue weighted by Crippen LogP contribution is 2.28. The van der Waals surface area contributed by atoms with E-state index in [0.717, 1.165) is 48.4 Å². The zero-order chi connectivity index (χ0) is 20.2. The predicted octanol–water partition coefficient (Wildman–Crippen LogP) is 3.35. The van der Waals surface area contributed by atoms with Crippen molar-refractivity contribution in [1.82, 2.24) is 20.0 Å². The molecule has 29 heavy (non-hydrogen) atoms. The molecule has 3 heterocycles. The van der Waals surface area contributed by atoms with Crippen LogP contribution in [0.5, 0.6) is 0 Å². The van der Waals surface area contributed by atoms with Crippen molar-refractivity contribution >= 4 is 11.7 Å². The fourth-order valence-corrected chi connectivity index (χ4v) is 3.53. The van der Waals surface area contributed by atoms with E-state index in [1.165, 1.54) is 0 Å². The molecule has 0 bridgehead atoms. The summed E-state index contributed by atoms with van der Waals surface area (Å²) in [6.45, 7) is 6.91. The van der Waals surface area contributed by atoms with Crippen LogP contribution >= 0.6 is 0 Å². The Labute approximate surface area is 170 Å². The Kier molecular flexibility index (Phi) is 5.55. The Hall–Kier alpha value is -3.22. The van der Waals surface area contributed by atoms with Crippen LogP contribution in [0.15, 0.2) is 47.1 Å². The lowest BCUT2D eigenvalue weighted by molar-refractivity contribution is 0.0767. The maximum atomic E-state index is 12.9. The van der Waals surface area contributed by atoms with Crippen LogP contribution in [0.25, 0.3) is 11.5 Å². The van der Waals surface area contributed by atoms with Crippen LogP contribution in [0.4, 0.5) is 5.82 Å². The van der Waals surface area contributed by atoms with E-state index in [9.17, 15) is 4.79 Å². The van der Waals surface area contributed by atoms with Crippen LogP contribution < -0.4 is 4.90 Å². The number of hydrogen-bond acceptors (Lipinski definition) is 6. The minimum atomic E-state index is 0.0811. The second kappa shape index (κ2) is 8.43. The van der Waals surface area contributed by atoms with Crippen molar-refractivity contribution in [1.29, 1.82) is 0 Å². The Bertz CT molecular complexity index is 983. The van der Waals surface area contributed by atoms with E-state index in [1.807, 2.05) is 55.1 Å². The number of hydrogen-bond donors (Lipinski definition) is 0. The van der Waals surface area contributed by atoms with Crippen LogP contribution in [0.1, 0.15) is 35.1 Å². The van der Waals surface area contributed by atoms with E-state index in [1.54, 1.807) is 6.20 Å². The number of anilines is 1. The van der Waals surface area contributed by atoms with Crippen LogP contribution in [0.2, 0.25) is 0 Å². The second-order valence-corrected chi connectivity index (χ2v) is 7.24. The summed E-state index contributed by atoms with van der Waals surface area (Å²) >= 11 is 0.